The third-order valence-electron chi connectivity index (χ3n) is 2.48. The molecule has 1 saturated carbocycles. The molecule has 2 N–H and O–H groups in total. The van der Waals surface area contributed by atoms with Crippen LogP contribution in [0.2, 0.25) is 0 Å². The standard InChI is InChI=1S/C9H14F3NO3/c10-9(11,12)5-16-7-3-1-6(2-4-7)13-8(14)15/h6-7,13H,1-5H2,(H,14,15)/t6-,7-. The van der Waals surface area contributed by atoms with Crippen LogP contribution in [0.4, 0.5) is 18.0 Å². The Morgan fingerprint density at radius 1 is 1.31 bits per heavy atom. The number of rotatable bonds is 3. The van der Waals surface area contributed by atoms with Gasteiger partial charge in [-0.2, -0.15) is 13.2 Å². The summed E-state index contributed by atoms with van der Waals surface area (Å²) in [6, 6.07) is -0.164. The monoisotopic (exact) mass is 241 g/mol. The Kier molecular flexibility index (Phi) is 4.40. The predicted molar refractivity (Wildman–Crippen MR) is 49.2 cm³/mol. The van der Waals surface area contributed by atoms with Crippen LogP contribution >= 0.6 is 0 Å². The van der Waals surface area contributed by atoms with Crippen LogP contribution in [0.15, 0.2) is 0 Å². The number of nitrogens with one attached hydrogen (secondary N) is 1. The smallest absolute Gasteiger partial charge is 0.411 e. The maximum Gasteiger partial charge on any atom is 0.411 e. The Hall–Kier alpha value is -0.980. The summed E-state index contributed by atoms with van der Waals surface area (Å²) >= 11 is 0. The van der Waals surface area contributed by atoms with Gasteiger partial charge in [-0.05, 0) is 25.7 Å². The maximum absolute atomic E-state index is 11.8. The van der Waals surface area contributed by atoms with E-state index in [-0.39, 0.29) is 6.04 Å². The summed E-state index contributed by atoms with van der Waals surface area (Å²) < 4.78 is 40.2. The molecule has 1 aliphatic rings. The van der Waals surface area contributed by atoms with Crippen LogP contribution in [0.25, 0.3) is 0 Å². The average molecular weight is 241 g/mol. The summed E-state index contributed by atoms with van der Waals surface area (Å²) in [6.45, 7) is -1.23. The topological polar surface area (TPSA) is 58.6 Å². The molecule has 0 bridgehead atoms. The second-order valence-corrected chi connectivity index (χ2v) is 3.85. The molecule has 0 unspecified atom stereocenters. The van der Waals surface area contributed by atoms with E-state index in [1.165, 1.54) is 0 Å². The minimum Gasteiger partial charge on any atom is -0.465 e. The number of halogens is 3. The van der Waals surface area contributed by atoms with Crippen LogP contribution in [0, 0.1) is 0 Å². The molecule has 0 aromatic rings. The number of amides is 1. The van der Waals surface area contributed by atoms with E-state index in [2.05, 4.69) is 5.32 Å². The Labute approximate surface area is 90.8 Å². The Morgan fingerprint density at radius 3 is 2.31 bits per heavy atom. The Morgan fingerprint density at radius 2 is 1.88 bits per heavy atom. The van der Waals surface area contributed by atoms with Crippen LogP contribution in [0.5, 0.6) is 0 Å². The van der Waals surface area contributed by atoms with Crippen LogP contribution < -0.4 is 5.32 Å². The van der Waals surface area contributed by atoms with Crippen LogP contribution in [0.3, 0.4) is 0 Å². The first-order valence-electron chi connectivity index (χ1n) is 5.04. The number of carbonyl (C=O) groups is 1. The number of hydrogen-bond donors (Lipinski definition) is 2. The van der Waals surface area contributed by atoms with Crippen molar-refractivity contribution in [1.29, 1.82) is 0 Å². The first-order chi connectivity index (χ1) is 7.37. The molecule has 0 aromatic carbocycles. The fourth-order valence-corrected chi connectivity index (χ4v) is 1.76. The summed E-state index contributed by atoms with van der Waals surface area (Å²) in [5.41, 5.74) is 0. The summed E-state index contributed by atoms with van der Waals surface area (Å²) in [4.78, 5) is 10.3. The molecule has 1 rings (SSSR count). The number of carboxylic acid groups (broad SMARTS) is 1. The molecule has 7 heteroatoms. The van der Waals surface area contributed by atoms with Gasteiger partial charge in [0.15, 0.2) is 0 Å². The van der Waals surface area contributed by atoms with Gasteiger partial charge in [0.05, 0.1) is 6.10 Å². The molecule has 0 radical (unpaired) electrons. The van der Waals surface area contributed by atoms with Crippen molar-refractivity contribution in [1.82, 2.24) is 5.32 Å². The average Bonchev–Trinajstić information content (AvgIpc) is 2.14. The molecular weight excluding hydrogens is 227 g/mol. The van der Waals surface area contributed by atoms with Crippen molar-refractivity contribution in [2.24, 2.45) is 0 Å². The highest BCUT2D eigenvalue weighted by Gasteiger charge is 2.31. The molecular formula is C9H14F3NO3. The van der Waals surface area contributed by atoms with Gasteiger partial charge in [0.1, 0.15) is 6.61 Å². The fraction of sp³-hybridized carbons (Fsp3) is 0.889. The maximum atomic E-state index is 11.8. The third kappa shape index (κ3) is 5.20. The first-order valence-corrected chi connectivity index (χ1v) is 5.04. The molecule has 4 nitrogen and oxygen atoms in total. The van der Waals surface area contributed by atoms with E-state index in [9.17, 15) is 18.0 Å². The SMILES string of the molecule is O=C(O)N[C@H]1CC[C@H](OCC(F)(F)F)CC1. The Balaban J connectivity index is 2.19. The highest BCUT2D eigenvalue weighted by molar-refractivity contribution is 5.64. The highest BCUT2D eigenvalue weighted by atomic mass is 19.4. The van der Waals surface area contributed by atoms with Crippen molar-refractivity contribution in [3.05, 3.63) is 0 Å². The van der Waals surface area contributed by atoms with Crippen molar-refractivity contribution in [3.63, 3.8) is 0 Å². The van der Waals surface area contributed by atoms with Gasteiger partial charge in [0.25, 0.3) is 0 Å². The molecule has 1 fully saturated rings. The number of hydrogen-bond acceptors (Lipinski definition) is 2. The molecule has 1 aliphatic carbocycles. The van der Waals surface area contributed by atoms with Crippen LogP contribution in [-0.2, 0) is 4.74 Å². The lowest BCUT2D eigenvalue weighted by Crippen LogP contribution is -2.38. The highest BCUT2D eigenvalue weighted by Crippen LogP contribution is 2.24. The van der Waals surface area contributed by atoms with Gasteiger partial charge < -0.3 is 15.2 Å². The van der Waals surface area contributed by atoms with E-state index in [1.807, 2.05) is 0 Å². The van der Waals surface area contributed by atoms with E-state index >= 15 is 0 Å². The zero-order chi connectivity index (χ0) is 12.2. The lowest BCUT2D eigenvalue weighted by molar-refractivity contribution is -0.188. The van der Waals surface area contributed by atoms with Crippen molar-refractivity contribution in [2.75, 3.05) is 6.61 Å². The molecule has 0 spiro atoms. The summed E-state index contributed by atoms with van der Waals surface area (Å²) in [6.07, 6.45) is -3.84. The lowest BCUT2D eigenvalue weighted by atomic mass is 9.93. The van der Waals surface area contributed by atoms with Gasteiger partial charge in [-0.25, -0.2) is 4.79 Å². The summed E-state index contributed by atoms with van der Waals surface area (Å²) in [5.74, 6) is 0. The number of ether oxygens (including phenoxy) is 1. The van der Waals surface area contributed by atoms with Gasteiger partial charge in [0, 0.05) is 6.04 Å². The molecule has 0 aliphatic heterocycles. The van der Waals surface area contributed by atoms with Crippen molar-refractivity contribution in [2.45, 2.75) is 44.0 Å². The van der Waals surface area contributed by atoms with Crippen LogP contribution in [0.1, 0.15) is 25.7 Å². The molecule has 0 aromatic heterocycles. The van der Waals surface area contributed by atoms with E-state index < -0.39 is 25.0 Å². The normalized spacial score (nSPS) is 26.4. The van der Waals surface area contributed by atoms with E-state index in [0.29, 0.717) is 25.7 Å². The molecule has 16 heavy (non-hydrogen) atoms. The zero-order valence-corrected chi connectivity index (χ0v) is 8.59. The Bertz CT molecular complexity index is 237. The van der Waals surface area contributed by atoms with Gasteiger partial charge in [-0.3, -0.25) is 0 Å². The molecule has 0 heterocycles. The minimum absolute atomic E-state index is 0.164. The van der Waals surface area contributed by atoms with E-state index in [1.54, 1.807) is 0 Å². The van der Waals surface area contributed by atoms with Gasteiger partial charge in [-0.15, -0.1) is 0 Å². The second-order valence-electron chi connectivity index (χ2n) is 3.85. The summed E-state index contributed by atoms with van der Waals surface area (Å²) in [5, 5.41) is 10.8. The van der Waals surface area contributed by atoms with E-state index in [4.69, 9.17) is 9.84 Å². The number of alkyl halides is 3. The van der Waals surface area contributed by atoms with Crippen molar-refractivity contribution < 1.29 is 27.8 Å². The van der Waals surface area contributed by atoms with Crippen LogP contribution in [-0.4, -0.2) is 36.1 Å². The lowest BCUT2D eigenvalue weighted by Gasteiger charge is -2.28. The first kappa shape index (κ1) is 13.1. The van der Waals surface area contributed by atoms with Gasteiger partial charge >= 0.3 is 12.3 Å². The second kappa shape index (κ2) is 5.38. The van der Waals surface area contributed by atoms with E-state index in [0.717, 1.165) is 0 Å². The molecule has 1 amide bonds. The molecule has 94 valence electrons. The molecule has 0 saturated heterocycles. The minimum atomic E-state index is -4.30. The van der Waals surface area contributed by atoms with Crippen molar-refractivity contribution in [3.8, 4) is 0 Å². The van der Waals surface area contributed by atoms with Gasteiger partial charge in [0.2, 0.25) is 0 Å². The van der Waals surface area contributed by atoms with Gasteiger partial charge in [-0.1, -0.05) is 0 Å². The fourth-order valence-electron chi connectivity index (χ4n) is 1.76. The molecule has 0 atom stereocenters. The quantitative estimate of drug-likeness (QED) is 0.795. The zero-order valence-electron chi connectivity index (χ0n) is 8.59. The predicted octanol–water partition coefficient (Wildman–Crippen LogP) is 2.14. The largest absolute Gasteiger partial charge is 0.465 e. The summed E-state index contributed by atoms with van der Waals surface area (Å²) in [7, 11) is 0. The third-order valence-corrected chi connectivity index (χ3v) is 2.48. The van der Waals surface area contributed by atoms with Crippen molar-refractivity contribution >= 4 is 6.09 Å².